The van der Waals surface area contributed by atoms with E-state index in [0.29, 0.717) is 25.2 Å². The predicted molar refractivity (Wildman–Crippen MR) is 116 cm³/mol. The fourth-order valence-corrected chi connectivity index (χ4v) is 4.16. The summed E-state index contributed by atoms with van der Waals surface area (Å²) in [6, 6.07) is 8.91. The van der Waals surface area contributed by atoms with Crippen LogP contribution in [0.2, 0.25) is 0 Å². The highest BCUT2D eigenvalue weighted by Crippen LogP contribution is 2.39. The standard InChI is InChI=1S/C24H24F3N5O/c1-15(2)22-21-19(14-32(22)13-16-3-5-20(6-4-16)24(25,26)27)9-18(12-28-21)23(33)29-10-17-7-8-30-31-11-17/h3-9,11-12,15,22H,10,13-14H2,1-2H3,(H,29,33). The number of nitrogens with zero attached hydrogens (tertiary/aromatic N) is 4. The van der Waals surface area contributed by atoms with E-state index in [9.17, 15) is 18.0 Å². The lowest BCUT2D eigenvalue weighted by Crippen LogP contribution is -2.25. The van der Waals surface area contributed by atoms with Crippen molar-refractivity contribution in [3.8, 4) is 0 Å². The van der Waals surface area contributed by atoms with E-state index < -0.39 is 11.7 Å². The minimum atomic E-state index is -4.35. The van der Waals surface area contributed by atoms with Crippen molar-refractivity contribution in [1.82, 2.24) is 25.4 Å². The molecule has 0 radical (unpaired) electrons. The Morgan fingerprint density at radius 2 is 1.88 bits per heavy atom. The first-order chi connectivity index (χ1) is 15.7. The highest BCUT2D eigenvalue weighted by Gasteiger charge is 2.35. The molecule has 1 unspecified atom stereocenters. The van der Waals surface area contributed by atoms with E-state index in [1.807, 2.05) is 6.07 Å². The Morgan fingerprint density at radius 1 is 1.12 bits per heavy atom. The highest BCUT2D eigenvalue weighted by atomic mass is 19.4. The first-order valence-corrected chi connectivity index (χ1v) is 10.6. The summed E-state index contributed by atoms with van der Waals surface area (Å²) < 4.78 is 38.6. The summed E-state index contributed by atoms with van der Waals surface area (Å²) in [5.74, 6) is 0.0106. The number of carbonyl (C=O) groups excluding carboxylic acids is 1. The van der Waals surface area contributed by atoms with Crippen LogP contribution >= 0.6 is 0 Å². The molecule has 1 aliphatic rings. The summed E-state index contributed by atoms with van der Waals surface area (Å²) in [6.45, 7) is 5.57. The summed E-state index contributed by atoms with van der Waals surface area (Å²) in [5, 5.41) is 10.4. The molecule has 1 N–H and O–H groups in total. The summed E-state index contributed by atoms with van der Waals surface area (Å²) in [6.07, 6.45) is 0.386. The molecule has 0 saturated heterocycles. The molecule has 1 atom stereocenters. The van der Waals surface area contributed by atoms with E-state index in [0.717, 1.165) is 34.5 Å². The summed E-state index contributed by atoms with van der Waals surface area (Å²) in [5.41, 5.74) is 3.32. The van der Waals surface area contributed by atoms with Crippen LogP contribution in [0, 0.1) is 5.92 Å². The molecular weight excluding hydrogens is 431 g/mol. The molecule has 9 heteroatoms. The lowest BCUT2D eigenvalue weighted by atomic mass is 9.99. The molecule has 0 saturated carbocycles. The number of fused-ring (bicyclic) bond motifs is 1. The predicted octanol–water partition coefficient (Wildman–Crippen LogP) is 4.53. The van der Waals surface area contributed by atoms with Gasteiger partial charge in [-0.25, -0.2) is 0 Å². The molecule has 6 nitrogen and oxygen atoms in total. The average molecular weight is 455 g/mol. The molecular formula is C24H24F3N5O. The van der Waals surface area contributed by atoms with E-state index in [1.165, 1.54) is 12.1 Å². The Balaban J connectivity index is 1.48. The summed E-state index contributed by atoms with van der Waals surface area (Å²) in [4.78, 5) is 19.4. The minimum Gasteiger partial charge on any atom is -0.348 e. The van der Waals surface area contributed by atoms with Gasteiger partial charge < -0.3 is 5.32 Å². The van der Waals surface area contributed by atoms with Gasteiger partial charge in [0.2, 0.25) is 0 Å². The molecule has 0 fully saturated rings. The Bertz CT molecular complexity index is 1120. The van der Waals surface area contributed by atoms with Gasteiger partial charge >= 0.3 is 6.18 Å². The van der Waals surface area contributed by atoms with Gasteiger partial charge in [-0.1, -0.05) is 26.0 Å². The van der Waals surface area contributed by atoms with Crippen LogP contribution in [0.4, 0.5) is 13.2 Å². The minimum absolute atomic E-state index is 0.0160. The molecule has 1 aromatic carbocycles. The second-order valence-electron chi connectivity index (χ2n) is 8.49. The maximum Gasteiger partial charge on any atom is 0.416 e. The number of alkyl halides is 3. The van der Waals surface area contributed by atoms with Crippen LogP contribution in [0.1, 0.15) is 58.2 Å². The molecule has 3 aromatic rings. The van der Waals surface area contributed by atoms with Crippen molar-refractivity contribution in [2.75, 3.05) is 0 Å². The zero-order valence-corrected chi connectivity index (χ0v) is 18.3. The van der Waals surface area contributed by atoms with Crippen LogP contribution in [-0.2, 0) is 25.8 Å². The van der Waals surface area contributed by atoms with Crippen LogP contribution in [0.25, 0.3) is 0 Å². The van der Waals surface area contributed by atoms with Crippen molar-refractivity contribution in [1.29, 1.82) is 0 Å². The number of hydrogen-bond acceptors (Lipinski definition) is 5. The molecule has 0 bridgehead atoms. The van der Waals surface area contributed by atoms with Crippen molar-refractivity contribution < 1.29 is 18.0 Å². The van der Waals surface area contributed by atoms with Gasteiger partial charge in [0.25, 0.3) is 5.91 Å². The SMILES string of the molecule is CC(C)C1c2ncc(C(=O)NCc3ccnnc3)cc2CN1Cc1ccc(C(F)(F)F)cc1. The van der Waals surface area contributed by atoms with Gasteiger partial charge in [0.05, 0.1) is 29.1 Å². The molecule has 1 amide bonds. The van der Waals surface area contributed by atoms with Gasteiger partial charge in [0.15, 0.2) is 0 Å². The van der Waals surface area contributed by atoms with Crippen molar-refractivity contribution in [2.24, 2.45) is 5.92 Å². The quantitative estimate of drug-likeness (QED) is 0.591. The molecule has 0 aliphatic carbocycles. The maximum absolute atomic E-state index is 12.9. The Kier molecular flexibility index (Phi) is 6.42. The number of amides is 1. The first kappa shape index (κ1) is 22.8. The smallest absolute Gasteiger partial charge is 0.348 e. The van der Waals surface area contributed by atoms with Gasteiger partial charge in [-0.15, -0.1) is 0 Å². The molecule has 2 aromatic heterocycles. The zero-order valence-electron chi connectivity index (χ0n) is 18.3. The number of hydrogen-bond donors (Lipinski definition) is 1. The number of halogens is 3. The van der Waals surface area contributed by atoms with Gasteiger partial charge in [0.1, 0.15) is 0 Å². The van der Waals surface area contributed by atoms with Crippen molar-refractivity contribution in [3.63, 3.8) is 0 Å². The van der Waals surface area contributed by atoms with Gasteiger partial charge in [0, 0.05) is 32.0 Å². The van der Waals surface area contributed by atoms with Gasteiger partial charge in [-0.3, -0.25) is 14.7 Å². The third kappa shape index (κ3) is 5.19. The third-order valence-electron chi connectivity index (χ3n) is 5.71. The number of aromatic nitrogens is 3. The second kappa shape index (κ2) is 9.27. The number of nitrogens with one attached hydrogen (secondary N) is 1. The monoisotopic (exact) mass is 455 g/mol. The zero-order chi connectivity index (χ0) is 23.6. The molecule has 1 aliphatic heterocycles. The molecule has 172 valence electrons. The molecule has 33 heavy (non-hydrogen) atoms. The molecule has 3 heterocycles. The maximum atomic E-state index is 12.9. The topological polar surface area (TPSA) is 71.0 Å². The lowest BCUT2D eigenvalue weighted by molar-refractivity contribution is -0.137. The van der Waals surface area contributed by atoms with E-state index in [-0.39, 0.29) is 17.9 Å². The van der Waals surface area contributed by atoms with Crippen molar-refractivity contribution >= 4 is 5.91 Å². The van der Waals surface area contributed by atoms with Crippen LogP contribution in [0.5, 0.6) is 0 Å². The van der Waals surface area contributed by atoms with Crippen LogP contribution in [-0.4, -0.2) is 26.0 Å². The second-order valence-corrected chi connectivity index (χ2v) is 8.49. The molecule has 4 rings (SSSR count). The average Bonchev–Trinajstić information content (AvgIpc) is 3.15. The van der Waals surface area contributed by atoms with Crippen LogP contribution in [0.3, 0.4) is 0 Å². The van der Waals surface area contributed by atoms with Crippen LogP contribution < -0.4 is 5.32 Å². The Labute approximate surface area is 189 Å². The third-order valence-corrected chi connectivity index (χ3v) is 5.71. The number of rotatable bonds is 6. The normalized spacial score (nSPS) is 16.1. The van der Waals surface area contributed by atoms with Crippen molar-refractivity contribution in [3.05, 3.63) is 88.5 Å². The van der Waals surface area contributed by atoms with E-state index in [1.54, 1.807) is 24.7 Å². The lowest BCUT2D eigenvalue weighted by Gasteiger charge is -2.27. The van der Waals surface area contributed by atoms with E-state index in [4.69, 9.17) is 0 Å². The summed E-state index contributed by atoms with van der Waals surface area (Å²) >= 11 is 0. The number of carbonyl (C=O) groups is 1. The Morgan fingerprint density at radius 3 is 2.52 bits per heavy atom. The van der Waals surface area contributed by atoms with E-state index in [2.05, 4.69) is 39.2 Å². The van der Waals surface area contributed by atoms with Gasteiger partial charge in [-0.05, 0) is 46.9 Å². The number of pyridine rings is 1. The fraction of sp³-hybridized carbons (Fsp3) is 0.333. The van der Waals surface area contributed by atoms with Gasteiger partial charge in [-0.2, -0.15) is 23.4 Å². The fourth-order valence-electron chi connectivity index (χ4n) is 4.16. The van der Waals surface area contributed by atoms with E-state index >= 15 is 0 Å². The number of benzene rings is 1. The van der Waals surface area contributed by atoms with Crippen LogP contribution in [0.15, 0.2) is 55.0 Å². The van der Waals surface area contributed by atoms with Crippen molar-refractivity contribution in [2.45, 2.75) is 45.7 Å². The molecule has 0 spiro atoms. The Hall–Kier alpha value is -3.33. The summed E-state index contributed by atoms with van der Waals surface area (Å²) in [7, 11) is 0. The highest BCUT2D eigenvalue weighted by molar-refractivity contribution is 5.94. The largest absolute Gasteiger partial charge is 0.416 e. The first-order valence-electron chi connectivity index (χ1n) is 10.6.